The first-order valence-corrected chi connectivity index (χ1v) is 7.27. The molecule has 0 unspecified atom stereocenters. The molecule has 1 fully saturated rings. The Kier molecular flexibility index (Phi) is 4.65. The number of rotatable bonds is 5. The van der Waals surface area contributed by atoms with Crippen molar-refractivity contribution < 1.29 is 4.79 Å². The van der Waals surface area contributed by atoms with Gasteiger partial charge in [-0.15, -0.1) is 0 Å². The number of hydrogen-bond acceptors (Lipinski definition) is 3. The van der Waals surface area contributed by atoms with Crippen molar-refractivity contribution in [3.63, 3.8) is 0 Å². The maximum atomic E-state index is 12.1. The molecular weight excluding hydrogens is 254 g/mol. The fraction of sp³-hybridized carbons (Fsp3) is 0.714. The Morgan fingerprint density at radius 2 is 2.20 bits per heavy atom. The van der Waals surface area contributed by atoms with Crippen molar-refractivity contribution >= 4 is 11.7 Å². The van der Waals surface area contributed by atoms with Crippen LogP contribution in [0.1, 0.15) is 25.5 Å². The van der Waals surface area contributed by atoms with E-state index in [2.05, 4.69) is 22.2 Å². The SMILES string of the molecule is CCCCn1ncc(NC(=O)N2CC(N(C)C)C2)c1C. The number of nitrogens with zero attached hydrogens (tertiary/aromatic N) is 4. The Balaban J connectivity index is 1.88. The topological polar surface area (TPSA) is 53.4 Å². The molecule has 0 saturated carbocycles. The summed E-state index contributed by atoms with van der Waals surface area (Å²) in [6, 6.07) is 0.454. The van der Waals surface area contributed by atoms with Crippen LogP contribution < -0.4 is 5.32 Å². The van der Waals surface area contributed by atoms with E-state index >= 15 is 0 Å². The first kappa shape index (κ1) is 14.8. The van der Waals surface area contributed by atoms with Crippen molar-refractivity contribution in [2.75, 3.05) is 32.5 Å². The molecule has 112 valence electrons. The predicted octanol–water partition coefficient (Wildman–Crippen LogP) is 1.77. The summed E-state index contributed by atoms with van der Waals surface area (Å²) in [5.41, 5.74) is 1.84. The minimum Gasteiger partial charge on any atom is -0.321 e. The minimum absolute atomic E-state index is 0.0266. The summed E-state index contributed by atoms with van der Waals surface area (Å²) >= 11 is 0. The molecule has 0 radical (unpaired) electrons. The predicted molar refractivity (Wildman–Crippen MR) is 79.9 cm³/mol. The third kappa shape index (κ3) is 3.12. The number of carbonyl (C=O) groups is 1. The lowest BCUT2D eigenvalue weighted by molar-refractivity contribution is 0.0942. The number of carbonyl (C=O) groups excluding carboxylic acids is 1. The van der Waals surface area contributed by atoms with E-state index in [1.807, 2.05) is 30.6 Å². The highest BCUT2D eigenvalue weighted by molar-refractivity contribution is 5.90. The number of amides is 2. The van der Waals surface area contributed by atoms with E-state index in [9.17, 15) is 4.79 Å². The number of aromatic nitrogens is 2. The number of likely N-dealkylation sites (N-methyl/N-ethyl adjacent to an activating group) is 1. The van der Waals surface area contributed by atoms with E-state index in [4.69, 9.17) is 0 Å². The third-order valence-electron chi connectivity index (χ3n) is 3.95. The fourth-order valence-electron chi connectivity index (χ4n) is 2.24. The number of hydrogen-bond donors (Lipinski definition) is 1. The molecule has 0 atom stereocenters. The lowest BCUT2D eigenvalue weighted by atomic mass is 10.1. The molecule has 2 amide bonds. The maximum Gasteiger partial charge on any atom is 0.322 e. The standard InChI is InChI=1S/C14H25N5O/c1-5-6-7-19-11(2)13(8-15-19)16-14(20)18-9-12(10-18)17(3)4/h8,12H,5-7,9-10H2,1-4H3,(H,16,20). The lowest BCUT2D eigenvalue weighted by Crippen LogP contribution is -2.60. The van der Waals surface area contributed by atoms with Crippen LogP contribution in [-0.4, -0.2) is 58.8 Å². The molecule has 6 heteroatoms. The zero-order valence-electron chi connectivity index (χ0n) is 12.9. The summed E-state index contributed by atoms with van der Waals surface area (Å²) in [4.78, 5) is 16.1. The number of unbranched alkanes of at least 4 members (excludes halogenated alkanes) is 1. The number of anilines is 1. The normalized spacial score (nSPS) is 15.6. The van der Waals surface area contributed by atoms with Crippen LogP contribution in [0.25, 0.3) is 0 Å². The van der Waals surface area contributed by atoms with Gasteiger partial charge in [-0.05, 0) is 27.4 Å². The third-order valence-corrected chi connectivity index (χ3v) is 3.95. The van der Waals surface area contributed by atoms with Gasteiger partial charge in [0.05, 0.1) is 17.6 Å². The van der Waals surface area contributed by atoms with Gasteiger partial charge in [0.15, 0.2) is 0 Å². The molecule has 20 heavy (non-hydrogen) atoms. The number of urea groups is 1. The second-order valence-electron chi connectivity index (χ2n) is 5.67. The van der Waals surface area contributed by atoms with Crippen LogP contribution in [-0.2, 0) is 6.54 Å². The molecule has 1 saturated heterocycles. The molecule has 0 aromatic carbocycles. The quantitative estimate of drug-likeness (QED) is 0.893. The molecule has 1 aliphatic heterocycles. The van der Waals surface area contributed by atoms with E-state index < -0.39 is 0 Å². The number of likely N-dealkylation sites (tertiary alicyclic amines) is 1. The van der Waals surface area contributed by atoms with Crippen molar-refractivity contribution in [1.82, 2.24) is 19.6 Å². The first-order valence-electron chi connectivity index (χ1n) is 7.27. The molecule has 0 bridgehead atoms. The molecule has 2 heterocycles. The van der Waals surface area contributed by atoms with E-state index in [1.54, 1.807) is 6.20 Å². The van der Waals surface area contributed by atoms with Crippen molar-refractivity contribution in [2.24, 2.45) is 0 Å². The van der Waals surface area contributed by atoms with Gasteiger partial charge in [-0.2, -0.15) is 5.10 Å². The molecule has 6 nitrogen and oxygen atoms in total. The van der Waals surface area contributed by atoms with Crippen molar-refractivity contribution in [3.8, 4) is 0 Å². The highest BCUT2D eigenvalue weighted by atomic mass is 16.2. The molecule has 1 aromatic rings. The van der Waals surface area contributed by atoms with E-state index in [-0.39, 0.29) is 6.03 Å². The van der Waals surface area contributed by atoms with Gasteiger partial charge in [-0.25, -0.2) is 4.79 Å². The van der Waals surface area contributed by atoms with Gasteiger partial charge in [-0.1, -0.05) is 13.3 Å². The van der Waals surface area contributed by atoms with Crippen LogP contribution in [0.3, 0.4) is 0 Å². The van der Waals surface area contributed by atoms with Crippen LogP contribution >= 0.6 is 0 Å². The average Bonchev–Trinajstić information content (AvgIpc) is 2.66. The van der Waals surface area contributed by atoms with Crippen LogP contribution in [0, 0.1) is 6.92 Å². The Labute approximate surface area is 120 Å². The van der Waals surface area contributed by atoms with Gasteiger partial charge in [0.25, 0.3) is 0 Å². The summed E-state index contributed by atoms with van der Waals surface area (Å²) in [6.07, 6.45) is 3.99. The average molecular weight is 279 g/mol. The smallest absolute Gasteiger partial charge is 0.321 e. The summed E-state index contributed by atoms with van der Waals surface area (Å²) in [5.74, 6) is 0. The molecule has 2 rings (SSSR count). The monoisotopic (exact) mass is 279 g/mol. The molecule has 1 N–H and O–H groups in total. The molecular formula is C14H25N5O. The summed E-state index contributed by atoms with van der Waals surface area (Å²) in [7, 11) is 4.09. The van der Waals surface area contributed by atoms with Gasteiger partial charge >= 0.3 is 6.03 Å². The zero-order valence-corrected chi connectivity index (χ0v) is 12.9. The van der Waals surface area contributed by atoms with Crippen molar-refractivity contribution in [2.45, 2.75) is 39.3 Å². The Morgan fingerprint density at radius 3 is 2.80 bits per heavy atom. The summed E-state index contributed by atoms with van der Waals surface area (Å²) in [5, 5.41) is 7.28. The molecule has 0 spiro atoms. The van der Waals surface area contributed by atoms with Crippen molar-refractivity contribution in [1.29, 1.82) is 0 Å². The zero-order chi connectivity index (χ0) is 14.7. The van der Waals surface area contributed by atoms with Gasteiger partial charge in [-0.3, -0.25) is 4.68 Å². The highest BCUT2D eigenvalue weighted by Gasteiger charge is 2.32. The second-order valence-corrected chi connectivity index (χ2v) is 5.67. The van der Waals surface area contributed by atoms with Gasteiger partial charge < -0.3 is 15.1 Å². The van der Waals surface area contributed by atoms with E-state index in [0.29, 0.717) is 6.04 Å². The van der Waals surface area contributed by atoms with Crippen LogP contribution in [0.4, 0.5) is 10.5 Å². The fourth-order valence-corrected chi connectivity index (χ4v) is 2.24. The largest absolute Gasteiger partial charge is 0.322 e. The minimum atomic E-state index is -0.0266. The Bertz CT molecular complexity index is 462. The lowest BCUT2D eigenvalue weighted by Gasteiger charge is -2.42. The van der Waals surface area contributed by atoms with Gasteiger partial charge in [0, 0.05) is 25.7 Å². The Hall–Kier alpha value is -1.56. The second kappa shape index (κ2) is 6.26. The molecule has 0 aliphatic carbocycles. The van der Waals surface area contributed by atoms with Crippen LogP contribution in [0.2, 0.25) is 0 Å². The first-order chi connectivity index (χ1) is 9.52. The van der Waals surface area contributed by atoms with Gasteiger partial charge in [0.1, 0.15) is 0 Å². The molecule has 1 aromatic heterocycles. The number of nitrogens with one attached hydrogen (secondary N) is 1. The highest BCUT2D eigenvalue weighted by Crippen LogP contribution is 2.18. The van der Waals surface area contributed by atoms with E-state index in [0.717, 1.165) is 43.9 Å². The Morgan fingerprint density at radius 1 is 1.50 bits per heavy atom. The maximum absolute atomic E-state index is 12.1. The summed E-state index contributed by atoms with van der Waals surface area (Å²) < 4.78 is 1.96. The van der Waals surface area contributed by atoms with Crippen LogP contribution in [0.15, 0.2) is 6.20 Å². The van der Waals surface area contributed by atoms with Crippen LogP contribution in [0.5, 0.6) is 0 Å². The van der Waals surface area contributed by atoms with Gasteiger partial charge in [0.2, 0.25) is 0 Å². The van der Waals surface area contributed by atoms with E-state index in [1.165, 1.54) is 0 Å². The number of aryl methyl sites for hydroxylation is 1. The summed E-state index contributed by atoms with van der Waals surface area (Å²) in [6.45, 7) is 6.65. The van der Waals surface area contributed by atoms with Crippen molar-refractivity contribution in [3.05, 3.63) is 11.9 Å². The molecule has 1 aliphatic rings.